The minimum atomic E-state index is -2.06. The van der Waals surface area contributed by atoms with Crippen molar-refractivity contribution in [3.63, 3.8) is 0 Å². The number of primary amides is 1. The van der Waals surface area contributed by atoms with E-state index in [2.05, 4.69) is 26.6 Å². The van der Waals surface area contributed by atoms with Gasteiger partial charge in [0.15, 0.2) is 11.7 Å². The fourth-order valence-corrected chi connectivity index (χ4v) is 12.6. The lowest BCUT2D eigenvalue weighted by Gasteiger charge is -2.31. The van der Waals surface area contributed by atoms with E-state index in [0.29, 0.717) is 51.8 Å². The molecule has 89 heavy (non-hydrogen) atoms. The van der Waals surface area contributed by atoms with Crippen molar-refractivity contribution in [2.75, 3.05) is 26.9 Å². The zero-order valence-corrected chi connectivity index (χ0v) is 50.0. The molecule has 472 valence electrons. The molecular weight excluding hydrogens is 1160 g/mol. The predicted molar refractivity (Wildman–Crippen MR) is 315 cm³/mol. The number of nitrogens with two attached hydrogens (primary N) is 1. The van der Waals surface area contributed by atoms with Crippen molar-refractivity contribution in [3.8, 4) is 22.5 Å². The second-order valence-corrected chi connectivity index (χ2v) is 23.5. The van der Waals surface area contributed by atoms with Gasteiger partial charge in [-0.25, -0.2) is 19.0 Å². The number of likely N-dealkylation sites (N-methyl/N-ethyl adjacent to an activating group) is 1. The lowest BCUT2D eigenvalue weighted by molar-refractivity contribution is -0.172. The van der Waals surface area contributed by atoms with E-state index in [4.69, 9.17) is 29.7 Å². The van der Waals surface area contributed by atoms with Crippen molar-refractivity contribution in [3.05, 3.63) is 121 Å². The molecule has 1 saturated heterocycles. The Hall–Kier alpha value is -8.69. The van der Waals surface area contributed by atoms with E-state index in [0.717, 1.165) is 32.7 Å². The molecule has 5 aliphatic rings. The van der Waals surface area contributed by atoms with E-state index >= 15 is 4.39 Å². The van der Waals surface area contributed by atoms with Gasteiger partial charge in [-0.05, 0) is 79.3 Å². The summed E-state index contributed by atoms with van der Waals surface area (Å²) in [6.45, 7) is 6.94. The van der Waals surface area contributed by atoms with Gasteiger partial charge in [-0.3, -0.25) is 38.5 Å². The van der Waals surface area contributed by atoms with E-state index in [1.54, 1.807) is 33.8 Å². The summed E-state index contributed by atoms with van der Waals surface area (Å²) in [5.41, 5.74) is 9.63. The van der Waals surface area contributed by atoms with E-state index in [9.17, 15) is 58.5 Å². The number of carbonyl (C=O) groups is 8. The van der Waals surface area contributed by atoms with E-state index in [1.165, 1.54) is 24.6 Å². The molecule has 0 spiro atoms. The highest BCUT2D eigenvalue weighted by Gasteiger charge is 2.47. The molecule has 3 aromatic carbocycles. The summed E-state index contributed by atoms with van der Waals surface area (Å²) in [5.74, 6) is -5.99. The van der Waals surface area contributed by atoms with Crippen molar-refractivity contribution in [2.24, 2.45) is 11.7 Å². The maximum atomic E-state index is 15.5. The number of benzene rings is 3. The first-order chi connectivity index (χ1) is 42.4. The number of rotatable bonds is 22. The van der Waals surface area contributed by atoms with Crippen LogP contribution in [0.1, 0.15) is 123 Å². The molecule has 2 aromatic heterocycles. The quantitative estimate of drug-likeness (QED) is 0.0267. The van der Waals surface area contributed by atoms with E-state index in [1.807, 2.05) is 48.5 Å². The fourth-order valence-electron chi connectivity index (χ4n) is 12.6. The molecular formula is C63H72FN9O16. The van der Waals surface area contributed by atoms with Crippen LogP contribution >= 0.6 is 0 Å². The summed E-state index contributed by atoms with van der Waals surface area (Å²) < 4.78 is 39.5. The molecule has 7 amide bonds. The normalized spacial score (nSPS) is 21.2. The number of amides is 7. The number of halogens is 1. The number of pyridine rings is 2. The van der Waals surface area contributed by atoms with Crippen LogP contribution in [-0.2, 0) is 77.7 Å². The van der Waals surface area contributed by atoms with Gasteiger partial charge < -0.3 is 71.2 Å². The molecule has 0 radical (unpaired) electrons. The molecule has 10 rings (SSSR count). The fraction of sp³-hybridized carbons (Fsp3) is 0.460. The number of hydrogen-bond acceptors (Lipinski definition) is 17. The van der Waals surface area contributed by atoms with Crippen molar-refractivity contribution in [2.45, 2.75) is 153 Å². The minimum absolute atomic E-state index is 0.0544. The highest BCUT2D eigenvalue weighted by atomic mass is 19.1. The summed E-state index contributed by atoms with van der Waals surface area (Å²) in [5, 5.41) is 46.5. The lowest BCUT2D eigenvalue weighted by atomic mass is 9.81. The largest absolute Gasteiger partial charge is 0.458 e. The topological polar surface area (TPSA) is 358 Å². The van der Waals surface area contributed by atoms with Crippen LogP contribution in [0.15, 0.2) is 65.5 Å². The first kappa shape index (κ1) is 63.3. The molecule has 26 heteroatoms. The van der Waals surface area contributed by atoms with Crippen LogP contribution in [-0.4, -0.2) is 147 Å². The minimum Gasteiger partial charge on any atom is -0.458 e. The van der Waals surface area contributed by atoms with Gasteiger partial charge in [0.1, 0.15) is 55.6 Å². The van der Waals surface area contributed by atoms with Gasteiger partial charge in [0.05, 0.1) is 60.6 Å². The molecule has 9 atom stereocenters. The number of aromatic nitrogens is 2. The van der Waals surface area contributed by atoms with Crippen LogP contribution in [0.4, 0.5) is 9.18 Å². The Bertz CT molecular complexity index is 3720. The Balaban J connectivity index is 0.750. The zero-order valence-electron chi connectivity index (χ0n) is 50.0. The predicted octanol–water partition coefficient (Wildman–Crippen LogP) is 2.22. The first-order valence-corrected chi connectivity index (χ1v) is 29.7. The number of aliphatic hydroxyl groups is 3. The number of aliphatic hydroxyl groups excluding tert-OH is 2. The Morgan fingerprint density at radius 1 is 0.888 bits per heavy atom. The number of ether oxygens (including phenoxy) is 4. The Labute approximate surface area is 510 Å². The van der Waals surface area contributed by atoms with E-state index in [-0.39, 0.29) is 76.3 Å². The van der Waals surface area contributed by atoms with Crippen LogP contribution in [0.25, 0.3) is 33.4 Å². The van der Waals surface area contributed by atoms with Gasteiger partial charge in [0.2, 0.25) is 35.4 Å². The second kappa shape index (κ2) is 25.8. The summed E-state index contributed by atoms with van der Waals surface area (Å²) in [7, 11) is 1.32. The molecule has 0 unspecified atom stereocenters. The van der Waals surface area contributed by atoms with Crippen LogP contribution in [0.2, 0.25) is 0 Å². The smallest absolute Gasteiger partial charge is 0.411 e. The van der Waals surface area contributed by atoms with Crippen molar-refractivity contribution in [1.82, 2.24) is 41.0 Å². The highest BCUT2D eigenvalue weighted by Crippen LogP contribution is 2.47. The third-order valence-corrected chi connectivity index (χ3v) is 17.6. The molecule has 1 fully saturated rings. The maximum absolute atomic E-state index is 15.5. The third kappa shape index (κ3) is 12.3. The average molecular weight is 1230 g/mol. The monoisotopic (exact) mass is 1230 g/mol. The number of esters is 1. The van der Waals surface area contributed by atoms with Crippen LogP contribution in [0, 0.1) is 18.7 Å². The lowest BCUT2D eigenvalue weighted by Crippen LogP contribution is -2.58. The number of fused-ring (bicyclic) bond motifs is 8. The number of nitrogens with one attached hydrogen (secondary N) is 5. The maximum Gasteiger partial charge on any atom is 0.411 e. The van der Waals surface area contributed by atoms with Crippen molar-refractivity contribution >= 4 is 58.4 Å². The van der Waals surface area contributed by atoms with Gasteiger partial charge in [-0.2, -0.15) is 0 Å². The number of nitrogens with zero attached hydrogens (tertiary/aromatic N) is 3. The number of cyclic esters (lactones) is 1. The van der Waals surface area contributed by atoms with Gasteiger partial charge >= 0.3 is 12.1 Å². The standard InChI is InChI=1S/C63H72FN9O16/c1-7-63(85)39-22-44-53-37(26-73(44)60(82)38(39)27-87-61(63)83)51-41(17-16-32-30(4)40(64)23-42(70-53)50(32)51)69-49(76)20-21-86-28-67-57(79)31(5)68-59(81)52(29(2)3)71-58(80)43(18-19-48(75)66-25-46-55(78)54(77)45(88-46)24-47(65)74)72(6)62(84)89-56-35-14-10-8-12-33(35)34-13-9-11-15-36(34)56/h8-15,22-23,29,31,41,43,45-46,52,54-56,77-78,85H,7,16-21,24-28H2,1-6H3,(H2,65,74)(H,66,75)(H,67,79)(H,68,81)(H,69,76)(H,71,80)/t31-,41-,43-,45-,46+,52-,54-,55+,63-/m0/s1. The van der Waals surface area contributed by atoms with Gasteiger partial charge in [-0.15, -0.1) is 0 Å². The SMILES string of the molecule is CC[C@@]1(O)C(=O)OCc2c1cc1n(c2=O)Cc2c-1nc1cc(F)c(C)c3c1c2[C@@H](NC(=O)CCOCNC(=O)[C@H](C)NC(=O)[C@@H](NC(=O)[C@H](CCC(=O)NC[C@H]1O[C@@H](CC(N)=O)[C@H](O)[C@@H]1O)N(C)C(=O)OC1c2ccccc2-c2ccccc21)C(C)C)CC3. The number of hydrogen-bond donors (Lipinski definition) is 9. The summed E-state index contributed by atoms with van der Waals surface area (Å²) in [6, 6.07) is 13.2. The molecule has 5 heterocycles. The number of carbonyl (C=O) groups excluding carboxylic acids is 8. The molecule has 0 saturated carbocycles. The van der Waals surface area contributed by atoms with Gasteiger partial charge in [0, 0.05) is 53.7 Å². The summed E-state index contributed by atoms with van der Waals surface area (Å²) in [4.78, 5) is 127. The van der Waals surface area contributed by atoms with Gasteiger partial charge in [0.25, 0.3) is 5.56 Å². The second-order valence-electron chi connectivity index (χ2n) is 23.5. The van der Waals surface area contributed by atoms with Crippen LogP contribution in [0.5, 0.6) is 0 Å². The van der Waals surface area contributed by atoms with Gasteiger partial charge in [-0.1, -0.05) is 69.3 Å². The molecule has 25 nitrogen and oxygen atoms in total. The molecule has 0 bridgehead atoms. The Morgan fingerprint density at radius 2 is 1.57 bits per heavy atom. The molecule has 10 N–H and O–H groups in total. The highest BCUT2D eigenvalue weighted by molar-refractivity contribution is 5.96. The number of aryl methyl sites for hydroxylation is 1. The van der Waals surface area contributed by atoms with Crippen LogP contribution in [0.3, 0.4) is 0 Å². The summed E-state index contributed by atoms with van der Waals surface area (Å²) >= 11 is 0. The molecule has 5 aromatic rings. The van der Waals surface area contributed by atoms with Crippen molar-refractivity contribution in [1.29, 1.82) is 0 Å². The molecule has 2 aliphatic carbocycles. The van der Waals surface area contributed by atoms with Crippen LogP contribution < -0.4 is 37.9 Å². The first-order valence-electron chi connectivity index (χ1n) is 29.7. The average Bonchev–Trinajstić information content (AvgIpc) is 1.71. The summed E-state index contributed by atoms with van der Waals surface area (Å²) in [6.07, 6.45) is -7.28. The zero-order chi connectivity index (χ0) is 63.9. The van der Waals surface area contributed by atoms with Crippen molar-refractivity contribution < 1.29 is 77.0 Å². The third-order valence-electron chi connectivity index (χ3n) is 17.6. The van der Waals surface area contributed by atoms with E-state index < -0.39 is 125 Å². The Morgan fingerprint density at radius 3 is 2.25 bits per heavy atom. The molecule has 3 aliphatic heterocycles. The Kier molecular flexibility index (Phi) is 18.4.